The second-order valence-corrected chi connectivity index (χ2v) is 13.9. The molecule has 3 rings (SSSR count). The van der Waals surface area contributed by atoms with E-state index in [1.807, 2.05) is 6.92 Å². The van der Waals surface area contributed by atoms with Gasteiger partial charge >= 0.3 is 0 Å². The maximum atomic E-state index is 12.0. The van der Waals surface area contributed by atoms with E-state index in [0.717, 1.165) is 24.8 Å². The Morgan fingerprint density at radius 2 is 1.62 bits per heavy atom. The van der Waals surface area contributed by atoms with Gasteiger partial charge < -0.3 is 9.22 Å². The van der Waals surface area contributed by atoms with E-state index in [4.69, 9.17) is 4.43 Å². The van der Waals surface area contributed by atoms with Crippen LogP contribution in [-0.2, 0) is 9.22 Å². The first-order chi connectivity index (χ1) is 13.8. The minimum absolute atomic E-state index is 0.0442. The Hall–Kier alpha value is -1.97. The minimum atomic E-state index is -2.54. The van der Waals surface area contributed by atoms with E-state index in [9.17, 15) is 4.79 Å². The SMILES string of the molecule is C=C(C)[C@H]1CC[C@@]1(C=O)CCO[Si](c1ccccc1)(c1ccccc1)C(C)(C)C. The second-order valence-electron chi connectivity index (χ2n) is 9.55. The first kappa shape index (κ1) is 21.7. The van der Waals surface area contributed by atoms with Gasteiger partial charge in [-0.25, -0.2) is 0 Å². The monoisotopic (exact) mass is 406 g/mol. The zero-order valence-electron chi connectivity index (χ0n) is 18.3. The Labute approximate surface area is 177 Å². The van der Waals surface area contributed by atoms with Gasteiger partial charge in [0.05, 0.1) is 0 Å². The molecule has 0 bridgehead atoms. The molecule has 154 valence electrons. The van der Waals surface area contributed by atoms with Gasteiger partial charge in [0.1, 0.15) is 6.29 Å². The number of carbonyl (C=O) groups excluding carboxylic acids is 1. The van der Waals surface area contributed by atoms with Crippen LogP contribution < -0.4 is 10.4 Å². The molecule has 0 N–H and O–H groups in total. The molecule has 0 radical (unpaired) electrons. The molecule has 1 aliphatic rings. The van der Waals surface area contributed by atoms with Crippen molar-refractivity contribution in [3.05, 3.63) is 72.8 Å². The summed E-state index contributed by atoms with van der Waals surface area (Å²) < 4.78 is 6.98. The van der Waals surface area contributed by atoms with Crippen molar-refractivity contribution < 1.29 is 9.22 Å². The minimum Gasteiger partial charge on any atom is -0.407 e. The van der Waals surface area contributed by atoms with Crippen LogP contribution in [0.2, 0.25) is 5.04 Å². The Morgan fingerprint density at radius 3 is 1.97 bits per heavy atom. The maximum absolute atomic E-state index is 12.0. The predicted octanol–water partition coefficient (Wildman–Crippen LogP) is 5.12. The zero-order chi connectivity index (χ0) is 21.1. The van der Waals surface area contributed by atoms with Crippen LogP contribution in [0, 0.1) is 11.3 Å². The third-order valence-corrected chi connectivity index (χ3v) is 11.8. The Morgan fingerprint density at radius 1 is 1.10 bits per heavy atom. The number of hydrogen-bond donors (Lipinski definition) is 0. The highest BCUT2D eigenvalue weighted by Crippen LogP contribution is 2.51. The number of allylic oxidation sites excluding steroid dienone is 1. The highest BCUT2D eigenvalue weighted by atomic mass is 28.4. The second kappa shape index (κ2) is 8.41. The lowest BCUT2D eigenvalue weighted by molar-refractivity contribution is -0.125. The molecule has 0 aliphatic heterocycles. The van der Waals surface area contributed by atoms with Crippen molar-refractivity contribution in [3.63, 3.8) is 0 Å². The van der Waals surface area contributed by atoms with Gasteiger partial charge in [-0.05, 0) is 47.5 Å². The molecule has 0 unspecified atom stereocenters. The fourth-order valence-electron chi connectivity index (χ4n) is 5.05. The molecule has 2 aromatic carbocycles. The van der Waals surface area contributed by atoms with Gasteiger partial charge in [-0.1, -0.05) is 93.6 Å². The van der Waals surface area contributed by atoms with E-state index in [1.165, 1.54) is 16.7 Å². The molecule has 0 spiro atoms. The highest BCUT2D eigenvalue weighted by molar-refractivity contribution is 6.99. The summed E-state index contributed by atoms with van der Waals surface area (Å²) in [6.07, 6.45) is 3.94. The lowest BCUT2D eigenvalue weighted by atomic mass is 9.57. The van der Waals surface area contributed by atoms with Crippen molar-refractivity contribution in [2.45, 2.75) is 52.0 Å². The largest absolute Gasteiger partial charge is 0.407 e. The van der Waals surface area contributed by atoms with Gasteiger partial charge in [-0.15, -0.1) is 0 Å². The van der Waals surface area contributed by atoms with Crippen molar-refractivity contribution >= 4 is 25.0 Å². The Bertz CT molecular complexity index is 799. The van der Waals surface area contributed by atoms with E-state index in [2.05, 4.69) is 88.0 Å². The van der Waals surface area contributed by atoms with E-state index in [-0.39, 0.29) is 10.5 Å². The Balaban J connectivity index is 1.96. The van der Waals surface area contributed by atoms with Crippen molar-refractivity contribution in [1.82, 2.24) is 0 Å². The first-order valence-corrected chi connectivity index (χ1v) is 12.5. The number of aldehydes is 1. The van der Waals surface area contributed by atoms with E-state index in [0.29, 0.717) is 12.5 Å². The van der Waals surface area contributed by atoms with E-state index < -0.39 is 8.32 Å². The Kier molecular flexibility index (Phi) is 6.30. The molecule has 3 heteroatoms. The molecule has 0 amide bonds. The van der Waals surface area contributed by atoms with Gasteiger partial charge in [0, 0.05) is 12.0 Å². The quantitative estimate of drug-likeness (QED) is 0.345. The summed E-state index contributed by atoms with van der Waals surface area (Å²) in [5.74, 6) is 0.294. The fraction of sp³-hybridized carbons (Fsp3) is 0.423. The van der Waals surface area contributed by atoms with Crippen LogP contribution in [-0.4, -0.2) is 21.2 Å². The predicted molar refractivity (Wildman–Crippen MR) is 124 cm³/mol. The molecule has 1 aliphatic carbocycles. The number of carbonyl (C=O) groups is 1. The smallest absolute Gasteiger partial charge is 0.261 e. The van der Waals surface area contributed by atoms with Crippen LogP contribution in [0.1, 0.15) is 47.0 Å². The summed E-state index contributed by atoms with van der Waals surface area (Å²) in [4.78, 5) is 12.0. The van der Waals surface area contributed by atoms with Crippen molar-refractivity contribution in [3.8, 4) is 0 Å². The molecule has 2 nitrogen and oxygen atoms in total. The van der Waals surface area contributed by atoms with Gasteiger partial charge in [0.25, 0.3) is 8.32 Å². The summed E-state index contributed by atoms with van der Waals surface area (Å²) in [5.41, 5.74) is 0.825. The van der Waals surface area contributed by atoms with Crippen LogP contribution >= 0.6 is 0 Å². The maximum Gasteiger partial charge on any atom is 0.261 e. The third kappa shape index (κ3) is 3.91. The van der Waals surface area contributed by atoms with Crippen molar-refractivity contribution in [1.29, 1.82) is 0 Å². The van der Waals surface area contributed by atoms with E-state index >= 15 is 0 Å². The van der Waals surface area contributed by atoms with E-state index in [1.54, 1.807) is 0 Å². The number of hydrogen-bond acceptors (Lipinski definition) is 2. The summed E-state index contributed by atoms with van der Waals surface area (Å²) >= 11 is 0. The van der Waals surface area contributed by atoms with Crippen molar-refractivity contribution in [2.75, 3.05) is 6.61 Å². The highest BCUT2D eigenvalue weighted by Gasteiger charge is 2.51. The molecule has 1 fully saturated rings. The van der Waals surface area contributed by atoms with Crippen molar-refractivity contribution in [2.24, 2.45) is 11.3 Å². The van der Waals surface area contributed by atoms with Crippen LogP contribution in [0.25, 0.3) is 0 Å². The van der Waals surface area contributed by atoms with Gasteiger partial charge in [0.2, 0.25) is 0 Å². The lowest BCUT2D eigenvalue weighted by Gasteiger charge is -2.48. The zero-order valence-corrected chi connectivity index (χ0v) is 19.3. The summed E-state index contributed by atoms with van der Waals surface area (Å²) in [6, 6.07) is 21.4. The molecule has 1 saturated carbocycles. The standard InChI is InChI=1S/C26H34O2Si/c1-21(2)24-16-17-26(24,20-27)18-19-28-29(25(3,4)5,22-12-8-6-9-13-22)23-14-10-7-11-15-23/h6-15,20,24H,1,16-19H2,2-5H3/t24-,26+/m1/s1. The summed E-state index contributed by atoms with van der Waals surface area (Å²) in [7, 11) is -2.54. The molecule has 2 atom stereocenters. The molecule has 0 saturated heterocycles. The number of benzene rings is 2. The molecule has 2 aromatic rings. The van der Waals surface area contributed by atoms with Gasteiger partial charge in [0.15, 0.2) is 0 Å². The molecule has 29 heavy (non-hydrogen) atoms. The average molecular weight is 407 g/mol. The summed E-state index contributed by atoms with van der Waals surface area (Å²) in [5, 5.41) is 2.52. The molecule has 0 heterocycles. The van der Waals surface area contributed by atoms with Crippen LogP contribution in [0.5, 0.6) is 0 Å². The van der Waals surface area contributed by atoms with Crippen LogP contribution in [0.4, 0.5) is 0 Å². The van der Waals surface area contributed by atoms with Gasteiger partial charge in [-0.3, -0.25) is 0 Å². The topological polar surface area (TPSA) is 26.3 Å². The molecular formula is C26H34O2Si. The normalized spacial score (nSPS) is 22.0. The molecular weight excluding hydrogens is 372 g/mol. The van der Waals surface area contributed by atoms with Crippen LogP contribution in [0.15, 0.2) is 72.8 Å². The fourth-order valence-corrected chi connectivity index (χ4v) is 9.62. The third-order valence-electron chi connectivity index (χ3n) is 6.72. The molecule has 0 aromatic heterocycles. The van der Waals surface area contributed by atoms with Crippen LogP contribution in [0.3, 0.4) is 0 Å². The summed E-state index contributed by atoms with van der Waals surface area (Å²) in [6.45, 7) is 13.6. The lowest BCUT2D eigenvalue weighted by Crippen LogP contribution is -2.66. The van der Waals surface area contributed by atoms with Gasteiger partial charge in [-0.2, -0.15) is 0 Å². The average Bonchev–Trinajstić information content (AvgIpc) is 2.67. The first-order valence-electron chi connectivity index (χ1n) is 10.6. The number of rotatable bonds is 8.